The third kappa shape index (κ3) is 4.04. The summed E-state index contributed by atoms with van der Waals surface area (Å²) in [6, 6.07) is 20.8. The Kier molecular flexibility index (Phi) is 5.38. The van der Waals surface area contributed by atoms with Gasteiger partial charge in [-0.3, -0.25) is 4.79 Å². The zero-order valence-electron chi connectivity index (χ0n) is 16.6. The van der Waals surface area contributed by atoms with E-state index >= 15 is 0 Å². The molecule has 1 amide bonds. The third-order valence-electron chi connectivity index (χ3n) is 5.09. The second kappa shape index (κ2) is 8.27. The van der Waals surface area contributed by atoms with Crippen molar-refractivity contribution < 1.29 is 19.0 Å². The smallest absolute Gasteiger partial charge is 0.254 e. The van der Waals surface area contributed by atoms with Crippen molar-refractivity contribution in [2.75, 3.05) is 20.8 Å². The highest BCUT2D eigenvalue weighted by Gasteiger charge is 2.23. The Bertz CT molecular complexity index is 999. The predicted molar refractivity (Wildman–Crippen MR) is 111 cm³/mol. The van der Waals surface area contributed by atoms with Gasteiger partial charge in [-0.2, -0.15) is 0 Å². The fourth-order valence-electron chi connectivity index (χ4n) is 3.53. The minimum atomic E-state index is 0.0108. The molecule has 148 valence electrons. The van der Waals surface area contributed by atoms with Crippen molar-refractivity contribution >= 4 is 5.91 Å². The zero-order chi connectivity index (χ0) is 20.2. The van der Waals surface area contributed by atoms with Crippen molar-refractivity contribution in [1.29, 1.82) is 0 Å². The van der Waals surface area contributed by atoms with E-state index in [1.54, 1.807) is 14.2 Å². The molecule has 1 heterocycles. The number of carbonyl (C=O) groups excluding carboxylic acids is 1. The number of benzene rings is 3. The lowest BCUT2D eigenvalue weighted by Crippen LogP contribution is -2.36. The van der Waals surface area contributed by atoms with Crippen LogP contribution in [0.3, 0.4) is 0 Å². The lowest BCUT2D eigenvalue weighted by Gasteiger charge is -2.29. The van der Waals surface area contributed by atoms with Gasteiger partial charge in [0, 0.05) is 18.7 Å². The van der Waals surface area contributed by atoms with E-state index in [9.17, 15) is 4.79 Å². The maximum Gasteiger partial charge on any atom is 0.254 e. The van der Waals surface area contributed by atoms with E-state index in [1.165, 1.54) is 5.56 Å². The number of hydrogen-bond acceptors (Lipinski definition) is 4. The summed E-state index contributed by atoms with van der Waals surface area (Å²) in [5.41, 5.74) is 2.93. The molecule has 0 aliphatic carbocycles. The van der Waals surface area contributed by atoms with E-state index in [2.05, 4.69) is 0 Å². The van der Waals surface area contributed by atoms with Gasteiger partial charge in [0.2, 0.25) is 0 Å². The van der Waals surface area contributed by atoms with Crippen molar-refractivity contribution in [2.45, 2.75) is 13.0 Å². The molecule has 0 atom stereocenters. The maximum atomic E-state index is 13.0. The molecule has 0 fully saturated rings. The van der Waals surface area contributed by atoms with Crippen LogP contribution in [0.1, 0.15) is 21.5 Å². The number of para-hydroxylation sites is 1. The van der Waals surface area contributed by atoms with Crippen LogP contribution in [0.2, 0.25) is 0 Å². The van der Waals surface area contributed by atoms with Crippen LogP contribution in [0.5, 0.6) is 23.0 Å². The number of fused-ring (bicyclic) bond motifs is 1. The molecule has 0 bridgehead atoms. The summed E-state index contributed by atoms with van der Waals surface area (Å²) in [7, 11) is 3.25. The standard InChI is InChI=1S/C24H23NO4/c1-27-22-14-18-12-13-25(16-19(18)15-23(22)28-2)24(26)17-8-10-21(11-9-17)29-20-6-4-3-5-7-20/h3-11,14-15H,12-13,16H2,1-2H3. The average Bonchev–Trinajstić information content (AvgIpc) is 2.78. The topological polar surface area (TPSA) is 48.0 Å². The zero-order valence-corrected chi connectivity index (χ0v) is 16.6. The summed E-state index contributed by atoms with van der Waals surface area (Å²) >= 11 is 0. The first-order valence-electron chi connectivity index (χ1n) is 9.54. The Hall–Kier alpha value is -3.47. The predicted octanol–water partition coefficient (Wildman–Crippen LogP) is 4.69. The number of rotatable bonds is 5. The van der Waals surface area contributed by atoms with Crippen molar-refractivity contribution in [3.05, 3.63) is 83.4 Å². The fourth-order valence-corrected chi connectivity index (χ4v) is 3.53. The molecule has 0 unspecified atom stereocenters. The Labute approximate surface area is 170 Å². The van der Waals surface area contributed by atoms with Gasteiger partial charge >= 0.3 is 0 Å². The van der Waals surface area contributed by atoms with E-state index in [1.807, 2.05) is 71.6 Å². The lowest BCUT2D eigenvalue weighted by atomic mass is 9.98. The molecule has 29 heavy (non-hydrogen) atoms. The molecule has 1 aliphatic rings. The molecule has 0 saturated carbocycles. The number of methoxy groups -OCH3 is 2. The second-order valence-electron chi connectivity index (χ2n) is 6.89. The highest BCUT2D eigenvalue weighted by molar-refractivity contribution is 5.94. The van der Waals surface area contributed by atoms with E-state index in [0.717, 1.165) is 23.5 Å². The molecule has 5 nitrogen and oxygen atoms in total. The van der Waals surface area contributed by atoms with Crippen LogP contribution in [0, 0.1) is 0 Å². The van der Waals surface area contributed by atoms with Crippen LogP contribution < -0.4 is 14.2 Å². The fraction of sp³-hybridized carbons (Fsp3) is 0.208. The highest BCUT2D eigenvalue weighted by atomic mass is 16.5. The minimum absolute atomic E-state index is 0.0108. The quantitative estimate of drug-likeness (QED) is 0.635. The van der Waals surface area contributed by atoms with Gasteiger partial charge < -0.3 is 19.1 Å². The second-order valence-corrected chi connectivity index (χ2v) is 6.89. The molecule has 3 aromatic rings. The SMILES string of the molecule is COc1cc2c(cc1OC)CN(C(=O)c1ccc(Oc3ccccc3)cc1)CC2. The number of hydrogen-bond donors (Lipinski definition) is 0. The van der Waals surface area contributed by atoms with Crippen LogP contribution in [-0.4, -0.2) is 31.6 Å². The lowest BCUT2D eigenvalue weighted by molar-refractivity contribution is 0.0734. The van der Waals surface area contributed by atoms with Crippen LogP contribution in [0.15, 0.2) is 66.7 Å². The van der Waals surface area contributed by atoms with Crippen molar-refractivity contribution in [3.8, 4) is 23.0 Å². The van der Waals surface area contributed by atoms with E-state index < -0.39 is 0 Å². The van der Waals surface area contributed by atoms with Gasteiger partial charge in [-0.15, -0.1) is 0 Å². The Balaban J connectivity index is 1.47. The molecule has 3 aromatic carbocycles. The largest absolute Gasteiger partial charge is 0.493 e. The van der Waals surface area contributed by atoms with Gasteiger partial charge in [0.15, 0.2) is 11.5 Å². The summed E-state index contributed by atoms with van der Waals surface area (Å²) in [6.45, 7) is 1.22. The first-order chi connectivity index (χ1) is 14.2. The molecule has 0 radical (unpaired) electrons. The summed E-state index contributed by atoms with van der Waals surface area (Å²) < 4.78 is 16.6. The summed E-state index contributed by atoms with van der Waals surface area (Å²) in [5.74, 6) is 2.89. The molecular formula is C24H23NO4. The minimum Gasteiger partial charge on any atom is -0.493 e. The van der Waals surface area contributed by atoms with Crippen LogP contribution in [0.4, 0.5) is 0 Å². The van der Waals surface area contributed by atoms with Crippen LogP contribution in [0.25, 0.3) is 0 Å². The first kappa shape index (κ1) is 18.9. The van der Waals surface area contributed by atoms with Gasteiger partial charge in [-0.05, 0) is 66.1 Å². The van der Waals surface area contributed by atoms with Gasteiger partial charge in [0.1, 0.15) is 11.5 Å². The molecule has 4 rings (SSSR count). The van der Waals surface area contributed by atoms with Gasteiger partial charge in [-0.1, -0.05) is 18.2 Å². The van der Waals surface area contributed by atoms with E-state index in [-0.39, 0.29) is 5.91 Å². The normalized spacial score (nSPS) is 12.8. The van der Waals surface area contributed by atoms with Gasteiger partial charge in [0.25, 0.3) is 5.91 Å². The number of ether oxygens (including phenoxy) is 3. The first-order valence-corrected chi connectivity index (χ1v) is 9.54. The highest BCUT2D eigenvalue weighted by Crippen LogP contribution is 2.33. The van der Waals surface area contributed by atoms with Crippen LogP contribution in [-0.2, 0) is 13.0 Å². The van der Waals surface area contributed by atoms with Crippen molar-refractivity contribution in [1.82, 2.24) is 4.90 Å². The van der Waals surface area contributed by atoms with Gasteiger partial charge in [-0.25, -0.2) is 0 Å². The van der Waals surface area contributed by atoms with Gasteiger partial charge in [0.05, 0.1) is 14.2 Å². The maximum absolute atomic E-state index is 13.0. The number of nitrogens with zero attached hydrogens (tertiary/aromatic N) is 1. The molecule has 5 heteroatoms. The van der Waals surface area contributed by atoms with Crippen LogP contribution >= 0.6 is 0 Å². The Morgan fingerprint density at radius 2 is 1.45 bits per heavy atom. The number of amides is 1. The molecule has 0 saturated heterocycles. The summed E-state index contributed by atoms with van der Waals surface area (Å²) in [5, 5.41) is 0. The molecule has 1 aliphatic heterocycles. The Morgan fingerprint density at radius 3 is 2.10 bits per heavy atom. The van der Waals surface area contributed by atoms with Crippen molar-refractivity contribution in [2.24, 2.45) is 0 Å². The van der Waals surface area contributed by atoms with E-state index in [4.69, 9.17) is 14.2 Å². The molecular weight excluding hydrogens is 366 g/mol. The monoisotopic (exact) mass is 389 g/mol. The molecule has 0 spiro atoms. The number of carbonyl (C=O) groups is 1. The summed E-state index contributed by atoms with van der Waals surface area (Å²) in [6.07, 6.45) is 0.788. The molecule has 0 aromatic heterocycles. The molecule has 0 N–H and O–H groups in total. The van der Waals surface area contributed by atoms with Crippen molar-refractivity contribution in [3.63, 3.8) is 0 Å². The Morgan fingerprint density at radius 1 is 0.828 bits per heavy atom. The van der Waals surface area contributed by atoms with E-state index in [0.29, 0.717) is 30.2 Å². The average molecular weight is 389 g/mol. The third-order valence-corrected chi connectivity index (χ3v) is 5.09. The summed E-state index contributed by atoms with van der Waals surface area (Å²) in [4.78, 5) is 14.8.